The van der Waals surface area contributed by atoms with E-state index in [0.717, 1.165) is 45.4 Å². The molecule has 1 N–H and O–H groups in total. The predicted molar refractivity (Wildman–Crippen MR) is 83.1 cm³/mol. The van der Waals surface area contributed by atoms with E-state index in [4.69, 9.17) is 4.74 Å². The number of nitrogens with zero attached hydrogens (tertiary/aromatic N) is 1. The normalized spacial score (nSPS) is 27.5. The van der Waals surface area contributed by atoms with Gasteiger partial charge in [0.1, 0.15) is 0 Å². The summed E-state index contributed by atoms with van der Waals surface area (Å²) < 4.78 is 5.43. The van der Waals surface area contributed by atoms with Gasteiger partial charge in [0, 0.05) is 38.8 Å². The number of carbonyl (C=O) groups is 2. The van der Waals surface area contributed by atoms with Crippen LogP contribution in [0.1, 0.15) is 32.1 Å². The summed E-state index contributed by atoms with van der Waals surface area (Å²) in [6.45, 7) is 7.39. The fraction of sp³-hybridized carbons (Fsp3) is 0.765. The van der Waals surface area contributed by atoms with Crippen LogP contribution in [0.15, 0.2) is 12.7 Å². The van der Waals surface area contributed by atoms with Crippen LogP contribution in [-0.4, -0.2) is 49.6 Å². The quantitative estimate of drug-likeness (QED) is 0.798. The monoisotopic (exact) mass is 306 g/mol. The van der Waals surface area contributed by atoms with E-state index >= 15 is 0 Å². The van der Waals surface area contributed by atoms with Crippen LogP contribution < -0.4 is 5.32 Å². The van der Waals surface area contributed by atoms with Crippen molar-refractivity contribution in [2.45, 2.75) is 32.1 Å². The molecule has 3 aliphatic rings. The molecule has 3 fully saturated rings. The van der Waals surface area contributed by atoms with Crippen molar-refractivity contribution in [1.82, 2.24) is 10.2 Å². The average Bonchev–Trinajstić information content (AvgIpc) is 3.24. The van der Waals surface area contributed by atoms with E-state index < -0.39 is 0 Å². The van der Waals surface area contributed by atoms with Crippen LogP contribution in [0.25, 0.3) is 0 Å². The van der Waals surface area contributed by atoms with Gasteiger partial charge in [0.05, 0.1) is 0 Å². The van der Waals surface area contributed by atoms with Crippen LogP contribution in [0.4, 0.5) is 0 Å². The van der Waals surface area contributed by atoms with Crippen molar-refractivity contribution in [3.8, 4) is 0 Å². The zero-order valence-electron chi connectivity index (χ0n) is 13.2. The van der Waals surface area contributed by atoms with Crippen molar-refractivity contribution >= 4 is 11.8 Å². The molecule has 0 aromatic rings. The number of likely N-dealkylation sites (tertiary alicyclic amines) is 1. The number of hydrogen-bond donors (Lipinski definition) is 1. The van der Waals surface area contributed by atoms with E-state index in [9.17, 15) is 9.59 Å². The predicted octanol–water partition coefficient (Wildman–Crippen LogP) is 1.34. The Labute approximate surface area is 132 Å². The van der Waals surface area contributed by atoms with Crippen molar-refractivity contribution in [3.05, 3.63) is 12.7 Å². The van der Waals surface area contributed by atoms with Crippen LogP contribution in [0.5, 0.6) is 0 Å². The van der Waals surface area contributed by atoms with Gasteiger partial charge in [-0.1, -0.05) is 6.58 Å². The number of carbonyl (C=O) groups excluding carboxylic acids is 2. The molecule has 5 heteroatoms. The Morgan fingerprint density at radius 2 is 1.95 bits per heavy atom. The molecule has 0 aromatic heterocycles. The van der Waals surface area contributed by atoms with Gasteiger partial charge in [0.2, 0.25) is 11.8 Å². The van der Waals surface area contributed by atoms with Crippen molar-refractivity contribution in [2.75, 3.05) is 32.8 Å². The summed E-state index contributed by atoms with van der Waals surface area (Å²) >= 11 is 0. The lowest BCUT2D eigenvalue weighted by molar-refractivity contribution is -0.132. The largest absolute Gasteiger partial charge is 0.381 e. The third-order valence-electron chi connectivity index (χ3n) is 5.72. The molecule has 0 aromatic carbocycles. The second kappa shape index (κ2) is 6.41. The maximum absolute atomic E-state index is 12.3. The summed E-state index contributed by atoms with van der Waals surface area (Å²) in [7, 11) is 0. The lowest BCUT2D eigenvalue weighted by atomic mass is 9.93. The number of rotatable bonds is 4. The van der Waals surface area contributed by atoms with Crippen LogP contribution in [0.2, 0.25) is 0 Å². The summed E-state index contributed by atoms with van der Waals surface area (Å²) in [6, 6.07) is 0. The number of amides is 2. The SMILES string of the molecule is C=CC(=O)N1CCC(C(=O)NCC2CC23CCOCC3)CC1. The number of ether oxygens (including phenoxy) is 1. The van der Waals surface area contributed by atoms with Gasteiger partial charge in [0.15, 0.2) is 0 Å². The first-order valence-electron chi connectivity index (χ1n) is 8.41. The van der Waals surface area contributed by atoms with E-state index in [1.54, 1.807) is 4.90 Å². The number of piperidine rings is 1. The molecule has 0 radical (unpaired) electrons. The second-order valence-electron chi connectivity index (χ2n) is 6.92. The number of nitrogens with one attached hydrogen (secondary N) is 1. The van der Waals surface area contributed by atoms with Crippen molar-refractivity contribution in [3.63, 3.8) is 0 Å². The first-order chi connectivity index (χ1) is 10.6. The second-order valence-corrected chi connectivity index (χ2v) is 6.92. The lowest BCUT2D eigenvalue weighted by Gasteiger charge is -2.30. The molecule has 3 rings (SSSR count). The summed E-state index contributed by atoms with van der Waals surface area (Å²) in [4.78, 5) is 25.6. The van der Waals surface area contributed by atoms with Gasteiger partial charge in [-0.3, -0.25) is 9.59 Å². The topological polar surface area (TPSA) is 58.6 Å². The molecular formula is C17H26N2O3. The molecule has 2 saturated heterocycles. The minimum atomic E-state index is -0.0294. The molecule has 0 bridgehead atoms. The molecule has 22 heavy (non-hydrogen) atoms. The van der Waals surface area contributed by atoms with Crippen molar-refractivity contribution < 1.29 is 14.3 Å². The maximum Gasteiger partial charge on any atom is 0.245 e. The zero-order valence-corrected chi connectivity index (χ0v) is 13.2. The Kier molecular flexibility index (Phi) is 4.52. The summed E-state index contributed by atoms with van der Waals surface area (Å²) in [5.74, 6) is 0.833. The molecule has 1 saturated carbocycles. The summed E-state index contributed by atoms with van der Waals surface area (Å²) in [5, 5.41) is 3.14. The smallest absolute Gasteiger partial charge is 0.245 e. The van der Waals surface area contributed by atoms with Gasteiger partial charge in [-0.25, -0.2) is 0 Å². The minimum Gasteiger partial charge on any atom is -0.381 e. The van der Waals surface area contributed by atoms with E-state index in [0.29, 0.717) is 24.4 Å². The van der Waals surface area contributed by atoms with E-state index in [2.05, 4.69) is 11.9 Å². The first kappa shape index (κ1) is 15.5. The first-order valence-corrected chi connectivity index (χ1v) is 8.41. The van der Waals surface area contributed by atoms with Crippen LogP contribution >= 0.6 is 0 Å². The highest BCUT2D eigenvalue weighted by Crippen LogP contribution is 2.58. The molecule has 122 valence electrons. The van der Waals surface area contributed by atoms with Gasteiger partial charge >= 0.3 is 0 Å². The lowest BCUT2D eigenvalue weighted by Crippen LogP contribution is -2.43. The van der Waals surface area contributed by atoms with E-state index in [1.807, 2.05) is 0 Å². The summed E-state index contributed by atoms with van der Waals surface area (Å²) in [5.41, 5.74) is 0.464. The highest BCUT2D eigenvalue weighted by atomic mass is 16.5. The van der Waals surface area contributed by atoms with Crippen LogP contribution in [0.3, 0.4) is 0 Å². The van der Waals surface area contributed by atoms with Crippen molar-refractivity contribution in [1.29, 1.82) is 0 Å². The van der Waals surface area contributed by atoms with Gasteiger partial charge in [-0.2, -0.15) is 0 Å². The highest BCUT2D eigenvalue weighted by molar-refractivity contribution is 5.87. The molecule has 5 nitrogen and oxygen atoms in total. The van der Waals surface area contributed by atoms with E-state index in [1.165, 1.54) is 12.5 Å². The van der Waals surface area contributed by atoms with Gasteiger partial charge < -0.3 is 15.0 Å². The Balaban J connectivity index is 1.38. The zero-order chi connectivity index (χ0) is 15.6. The number of hydrogen-bond acceptors (Lipinski definition) is 3. The molecular weight excluding hydrogens is 280 g/mol. The Morgan fingerprint density at radius 1 is 1.27 bits per heavy atom. The van der Waals surface area contributed by atoms with Crippen LogP contribution in [-0.2, 0) is 14.3 Å². The standard InChI is InChI=1S/C17H26N2O3/c1-2-15(20)19-7-3-13(4-8-19)16(21)18-12-14-11-17(14)5-9-22-10-6-17/h2,13-14H,1,3-12H2,(H,18,21). The Morgan fingerprint density at radius 3 is 2.59 bits per heavy atom. The Hall–Kier alpha value is -1.36. The molecule has 1 unspecified atom stereocenters. The van der Waals surface area contributed by atoms with Crippen LogP contribution in [0, 0.1) is 17.3 Å². The highest BCUT2D eigenvalue weighted by Gasteiger charge is 2.53. The molecule has 1 aliphatic carbocycles. The molecule has 1 atom stereocenters. The van der Waals surface area contributed by atoms with Gasteiger partial charge in [0.25, 0.3) is 0 Å². The fourth-order valence-electron chi connectivity index (χ4n) is 3.97. The molecule has 2 heterocycles. The van der Waals surface area contributed by atoms with Crippen molar-refractivity contribution in [2.24, 2.45) is 17.3 Å². The summed E-state index contributed by atoms with van der Waals surface area (Å²) in [6.07, 6.45) is 6.40. The molecule has 2 amide bonds. The minimum absolute atomic E-state index is 0.0294. The van der Waals surface area contributed by atoms with Gasteiger partial charge in [-0.05, 0) is 49.5 Å². The van der Waals surface area contributed by atoms with Gasteiger partial charge in [-0.15, -0.1) is 0 Å². The molecule has 2 aliphatic heterocycles. The Bertz CT molecular complexity index is 449. The third-order valence-corrected chi connectivity index (χ3v) is 5.72. The fourth-order valence-corrected chi connectivity index (χ4v) is 3.97. The average molecular weight is 306 g/mol. The third kappa shape index (κ3) is 3.19. The molecule has 1 spiro atoms. The van der Waals surface area contributed by atoms with E-state index in [-0.39, 0.29) is 17.7 Å². The maximum atomic E-state index is 12.3.